The molecule has 166 valence electrons. The Bertz CT molecular complexity index is 1210. The molecule has 1 aliphatic rings. The number of nitrogens with one attached hydrogen (secondary N) is 1. The van der Waals surface area contributed by atoms with Crippen LogP contribution in [-0.4, -0.2) is 33.9 Å². The van der Waals surface area contributed by atoms with E-state index in [0.29, 0.717) is 11.1 Å². The average molecular weight is 463 g/mol. The summed E-state index contributed by atoms with van der Waals surface area (Å²) >= 11 is 6.09. The Balaban J connectivity index is 1.49. The highest BCUT2D eigenvalue weighted by Gasteiger charge is 2.47. The number of nitrogens with zero attached hydrogens (tertiary/aromatic N) is 2. The standard InChI is InChI=1S/C21H17ClF2N4O4/c22-12-4-11-5-13(10-28-19(29)16(9-25)18-26-2-1-3-27-18)31-17(11)15(6-12)20(30)32-14-7-21(23,24)8-14/h1-6,9,14H,7-8,10,25H2,(H,28,29)/b16-9+. The molecule has 0 spiro atoms. The Kier molecular flexibility index (Phi) is 5.79. The van der Waals surface area contributed by atoms with Crippen molar-refractivity contribution in [3.05, 3.63) is 65.0 Å². The quantitative estimate of drug-likeness (QED) is 0.425. The zero-order valence-electron chi connectivity index (χ0n) is 16.5. The van der Waals surface area contributed by atoms with Gasteiger partial charge in [-0.15, -0.1) is 0 Å². The van der Waals surface area contributed by atoms with Crippen molar-refractivity contribution < 1.29 is 27.5 Å². The van der Waals surface area contributed by atoms with Crippen LogP contribution in [0.4, 0.5) is 8.78 Å². The molecule has 0 bridgehead atoms. The molecule has 1 fully saturated rings. The maximum Gasteiger partial charge on any atom is 0.342 e. The summed E-state index contributed by atoms with van der Waals surface area (Å²) in [5.74, 6) is -3.66. The minimum absolute atomic E-state index is 0.0144. The van der Waals surface area contributed by atoms with E-state index in [0.717, 1.165) is 6.20 Å². The van der Waals surface area contributed by atoms with Gasteiger partial charge < -0.3 is 20.2 Å². The summed E-state index contributed by atoms with van der Waals surface area (Å²) in [4.78, 5) is 32.9. The molecule has 8 nitrogen and oxygen atoms in total. The van der Waals surface area contributed by atoms with Gasteiger partial charge in [0.15, 0.2) is 5.82 Å². The molecular formula is C21H17ClF2N4O4. The number of fused-ring (bicyclic) bond motifs is 1. The third-order valence-electron chi connectivity index (χ3n) is 4.82. The highest BCUT2D eigenvalue weighted by atomic mass is 35.5. The van der Waals surface area contributed by atoms with Crippen molar-refractivity contribution in [1.82, 2.24) is 15.3 Å². The predicted octanol–water partition coefficient (Wildman–Crippen LogP) is 3.45. The van der Waals surface area contributed by atoms with Gasteiger partial charge in [-0.3, -0.25) is 4.79 Å². The monoisotopic (exact) mass is 462 g/mol. The van der Waals surface area contributed by atoms with Crippen LogP contribution in [-0.2, 0) is 16.1 Å². The fourth-order valence-electron chi connectivity index (χ4n) is 3.27. The second-order valence-electron chi connectivity index (χ2n) is 7.21. The summed E-state index contributed by atoms with van der Waals surface area (Å²) in [7, 11) is 0. The molecule has 1 amide bonds. The first-order valence-corrected chi connectivity index (χ1v) is 9.92. The van der Waals surface area contributed by atoms with E-state index in [1.807, 2.05) is 0 Å². The lowest BCUT2D eigenvalue weighted by Gasteiger charge is -2.34. The largest absolute Gasteiger partial charge is 0.458 e. The van der Waals surface area contributed by atoms with E-state index in [1.165, 1.54) is 18.5 Å². The molecule has 3 N–H and O–H groups in total. The lowest BCUT2D eigenvalue weighted by molar-refractivity contribution is -0.146. The number of benzene rings is 1. The normalized spacial score (nSPS) is 15.9. The number of ether oxygens (including phenoxy) is 1. The number of carbonyl (C=O) groups is 2. The highest BCUT2D eigenvalue weighted by Crippen LogP contribution is 2.40. The minimum atomic E-state index is -2.81. The van der Waals surface area contributed by atoms with Gasteiger partial charge >= 0.3 is 5.97 Å². The summed E-state index contributed by atoms with van der Waals surface area (Å²) in [6, 6.07) is 6.12. The van der Waals surface area contributed by atoms with Crippen molar-refractivity contribution >= 4 is 40.0 Å². The zero-order chi connectivity index (χ0) is 22.9. The number of esters is 1. The first kappa shape index (κ1) is 21.7. The fourth-order valence-corrected chi connectivity index (χ4v) is 3.49. The van der Waals surface area contributed by atoms with Crippen LogP contribution in [0, 0.1) is 0 Å². The lowest BCUT2D eigenvalue weighted by atomic mass is 9.91. The van der Waals surface area contributed by atoms with Crippen LogP contribution in [0.2, 0.25) is 5.02 Å². The maximum atomic E-state index is 13.0. The Morgan fingerprint density at radius 2 is 2.00 bits per heavy atom. The third kappa shape index (κ3) is 4.54. The highest BCUT2D eigenvalue weighted by molar-refractivity contribution is 6.32. The van der Waals surface area contributed by atoms with Crippen LogP contribution in [0.5, 0.6) is 0 Å². The number of halogens is 3. The van der Waals surface area contributed by atoms with E-state index in [2.05, 4.69) is 15.3 Å². The molecule has 11 heteroatoms. The number of carbonyl (C=O) groups excluding carboxylic acids is 2. The van der Waals surface area contributed by atoms with Crippen LogP contribution < -0.4 is 11.1 Å². The summed E-state index contributed by atoms with van der Waals surface area (Å²) in [6.45, 7) is -0.0291. The molecule has 3 aromatic rings. The van der Waals surface area contributed by atoms with Gasteiger partial charge in [-0.05, 0) is 24.3 Å². The first-order valence-electron chi connectivity index (χ1n) is 9.54. The summed E-state index contributed by atoms with van der Waals surface area (Å²) in [5, 5.41) is 3.38. The molecule has 0 unspecified atom stereocenters. The van der Waals surface area contributed by atoms with Gasteiger partial charge in [0.05, 0.1) is 12.1 Å². The summed E-state index contributed by atoms with van der Waals surface area (Å²) in [6.07, 6.45) is 2.17. The van der Waals surface area contributed by atoms with Gasteiger partial charge in [-0.2, -0.15) is 0 Å². The predicted molar refractivity (Wildman–Crippen MR) is 111 cm³/mol. The van der Waals surface area contributed by atoms with Gasteiger partial charge in [-0.25, -0.2) is 23.5 Å². The zero-order valence-corrected chi connectivity index (χ0v) is 17.2. The van der Waals surface area contributed by atoms with Crippen LogP contribution >= 0.6 is 11.6 Å². The number of alkyl halides is 2. The van der Waals surface area contributed by atoms with E-state index in [4.69, 9.17) is 26.5 Å². The number of amides is 1. The molecule has 32 heavy (non-hydrogen) atoms. The Hall–Kier alpha value is -3.53. The van der Waals surface area contributed by atoms with Crippen molar-refractivity contribution in [2.75, 3.05) is 0 Å². The van der Waals surface area contributed by atoms with Gasteiger partial charge in [0.25, 0.3) is 11.8 Å². The molecular weight excluding hydrogens is 446 g/mol. The molecule has 2 aromatic heterocycles. The van der Waals surface area contributed by atoms with Crippen LogP contribution in [0.3, 0.4) is 0 Å². The van der Waals surface area contributed by atoms with Crippen LogP contribution in [0.25, 0.3) is 16.5 Å². The topological polar surface area (TPSA) is 120 Å². The van der Waals surface area contributed by atoms with Crippen molar-refractivity contribution in [1.29, 1.82) is 0 Å². The number of furan rings is 1. The lowest BCUT2D eigenvalue weighted by Crippen LogP contribution is -2.42. The van der Waals surface area contributed by atoms with Crippen LogP contribution in [0.15, 0.2) is 47.3 Å². The maximum absolute atomic E-state index is 13.0. The summed E-state index contributed by atoms with van der Waals surface area (Å²) < 4.78 is 36.9. The van der Waals surface area contributed by atoms with E-state index in [9.17, 15) is 18.4 Å². The number of nitrogens with two attached hydrogens (primary N) is 1. The Morgan fingerprint density at radius 3 is 2.66 bits per heavy atom. The van der Waals surface area contributed by atoms with Crippen molar-refractivity contribution in [3.63, 3.8) is 0 Å². The Labute approximate surface area is 185 Å². The molecule has 1 aromatic carbocycles. The fraction of sp³-hybridized carbons (Fsp3) is 0.238. The van der Waals surface area contributed by atoms with E-state index < -0.39 is 36.7 Å². The minimum Gasteiger partial charge on any atom is -0.458 e. The van der Waals surface area contributed by atoms with Gasteiger partial charge in [0.1, 0.15) is 23.0 Å². The summed E-state index contributed by atoms with van der Waals surface area (Å²) in [5.41, 5.74) is 5.81. The number of aromatic nitrogens is 2. The second-order valence-corrected chi connectivity index (χ2v) is 7.65. The van der Waals surface area contributed by atoms with Gasteiger partial charge in [0.2, 0.25) is 0 Å². The van der Waals surface area contributed by atoms with E-state index in [-0.39, 0.29) is 34.1 Å². The van der Waals surface area contributed by atoms with Crippen molar-refractivity contribution in [2.24, 2.45) is 5.73 Å². The number of hydrogen-bond acceptors (Lipinski definition) is 7. The van der Waals surface area contributed by atoms with Gasteiger partial charge in [0, 0.05) is 41.8 Å². The molecule has 4 rings (SSSR count). The molecule has 1 aliphatic carbocycles. The third-order valence-corrected chi connectivity index (χ3v) is 5.04. The first-order chi connectivity index (χ1) is 15.3. The second kappa shape index (κ2) is 8.54. The van der Waals surface area contributed by atoms with Crippen LogP contribution in [0.1, 0.15) is 34.8 Å². The molecule has 0 atom stereocenters. The van der Waals surface area contributed by atoms with E-state index in [1.54, 1.807) is 18.2 Å². The molecule has 0 saturated heterocycles. The smallest absolute Gasteiger partial charge is 0.342 e. The Morgan fingerprint density at radius 1 is 1.28 bits per heavy atom. The number of rotatable bonds is 6. The molecule has 0 radical (unpaired) electrons. The van der Waals surface area contributed by atoms with E-state index >= 15 is 0 Å². The number of hydrogen-bond donors (Lipinski definition) is 2. The SMILES string of the molecule is N/C=C(/C(=O)NCc1cc2cc(Cl)cc(C(=O)OC3CC(F)(F)C3)c2o1)c1ncccn1. The molecule has 0 aliphatic heterocycles. The van der Waals surface area contributed by atoms with Gasteiger partial charge in [-0.1, -0.05) is 11.6 Å². The average Bonchev–Trinajstić information content (AvgIpc) is 3.14. The van der Waals surface area contributed by atoms with Crippen molar-refractivity contribution in [2.45, 2.75) is 31.4 Å². The van der Waals surface area contributed by atoms with Crippen molar-refractivity contribution in [3.8, 4) is 0 Å². The molecule has 2 heterocycles. The molecule has 1 saturated carbocycles.